The number of hydrogen-bond donors (Lipinski definition) is 0. The lowest BCUT2D eigenvalue weighted by atomic mass is 10.1. The summed E-state index contributed by atoms with van der Waals surface area (Å²) in [5.74, 6) is -1.06. The molecule has 58 heavy (non-hydrogen) atoms. The number of esters is 3. The van der Waals surface area contributed by atoms with Gasteiger partial charge in [0.25, 0.3) is 0 Å². The highest BCUT2D eigenvalue weighted by Gasteiger charge is 2.19. The van der Waals surface area contributed by atoms with Crippen molar-refractivity contribution in [1.82, 2.24) is 0 Å². The Kier molecular flexibility index (Phi) is 43.6. The number of carbonyl (C=O) groups excluding carboxylic acids is 3. The first-order chi connectivity index (χ1) is 28.5. The van der Waals surface area contributed by atoms with Gasteiger partial charge in [-0.15, -0.1) is 0 Å². The van der Waals surface area contributed by atoms with E-state index in [4.69, 9.17) is 14.2 Å². The molecule has 6 nitrogen and oxygen atoms in total. The SMILES string of the molecule is CC/C=C\C/C=C\C/C=C\CCCCCCCCCCCC(=O)OCC(COC(=O)C/C=C\C/C=C\C/C=C\CC)OC(=O)CCCCCCC/C=C\CCCCC. The van der Waals surface area contributed by atoms with Crippen molar-refractivity contribution in [2.75, 3.05) is 13.2 Å². The third-order valence-electron chi connectivity index (χ3n) is 9.65. The van der Waals surface area contributed by atoms with Crippen LogP contribution in [0.3, 0.4) is 0 Å². The van der Waals surface area contributed by atoms with Gasteiger partial charge in [0, 0.05) is 12.8 Å². The van der Waals surface area contributed by atoms with Crippen molar-refractivity contribution in [3.63, 3.8) is 0 Å². The van der Waals surface area contributed by atoms with Gasteiger partial charge < -0.3 is 14.2 Å². The number of allylic oxidation sites excluding steroid dienone is 13. The zero-order chi connectivity index (χ0) is 42.3. The fraction of sp³-hybridized carbons (Fsp3) is 0.673. The molecule has 0 heterocycles. The zero-order valence-corrected chi connectivity index (χ0v) is 37.5. The highest BCUT2D eigenvalue weighted by atomic mass is 16.6. The van der Waals surface area contributed by atoms with Gasteiger partial charge >= 0.3 is 17.9 Å². The summed E-state index contributed by atoms with van der Waals surface area (Å²) in [5, 5.41) is 0. The molecule has 0 amide bonds. The van der Waals surface area contributed by atoms with Gasteiger partial charge in [-0.25, -0.2) is 0 Å². The summed E-state index contributed by atoms with van der Waals surface area (Å²) in [6, 6.07) is 0. The van der Waals surface area contributed by atoms with Gasteiger partial charge in [-0.1, -0.05) is 183 Å². The third-order valence-corrected chi connectivity index (χ3v) is 9.65. The van der Waals surface area contributed by atoms with Crippen LogP contribution in [0.15, 0.2) is 85.1 Å². The summed E-state index contributed by atoms with van der Waals surface area (Å²) in [5.41, 5.74) is 0. The van der Waals surface area contributed by atoms with Gasteiger partial charge in [0.15, 0.2) is 6.10 Å². The molecule has 1 atom stereocenters. The largest absolute Gasteiger partial charge is 0.462 e. The molecule has 0 aliphatic heterocycles. The normalized spacial score (nSPS) is 12.8. The second-order valence-electron chi connectivity index (χ2n) is 15.3. The van der Waals surface area contributed by atoms with Gasteiger partial charge in [0.1, 0.15) is 13.2 Å². The van der Waals surface area contributed by atoms with E-state index in [1.54, 1.807) is 6.08 Å². The molecule has 0 aliphatic carbocycles. The van der Waals surface area contributed by atoms with Crippen LogP contribution in [0.25, 0.3) is 0 Å². The van der Waals surface area contributed by atoms with Crippen molar-refractivity contribution < 1.29 is 28.6 Å². The van der Waals surface area contributed by atoms with E-state index in [9.17, 15) is 14.4 Å². The monoisotopic (exact) mass is 807 g/mol. The highest BCUT2D eigenvalue weighted by molar-refractivity contribution is 5.72. The molecule has 0 aromatic rings. The van der Waals surface area contributed by atoms with Crippen LogP contribution in [0.5, 0.6) is 0 Å². The van der Waals surface area contributed by atoms with Crippen LogP contribution < -0.4 is 0 Å². The average molecular weight is 807 g/mol. The molecule has 0 fully saturated rings. The van der Waals surface area contributed by atoms with Crippen molar-refractivity contribution in [2.45, 2.75) is 213 Å². The van der Waals surface area contributed by atoms with Crippen LogP contribution in [0.2, 0.25) is 0 Å². The third kappa shape index (κ3) is 43.7. The Balaban J connectivity index is 4.37. The van der Waals surface area contributed by atoms with Crippen molar-refractivity contribution >= 4 is 17.9 Å². The Hall–Kier alpha value is -3.41. The van der Waals surface area contributed by atoms with Gasteiger partial charge in [0.05, 0.1) is 6.42 Å². The first-order valence-electron chi connectivity index (χ1n) is 23.6. The molecule has 0 aliphatic rings. The molecule has 0 aromatic heterocycles. The molecule has 0 rings (SSSR count). The maximum Gasteiger partial charge on any atom is 0.309 e. The maximum absolute atomic E-state index is 12.7. The van der Waals surface area contributed by atoms with E-state index in [1.807, 2.05) is 6.08 Å². The second-order valence-corrected chi connectivity index (χ2v) is 15.3. The molecule has 1 unspecified atom stereocenters. The summed E-state index contributed by atoms with van der Waals surface area (Å²) in [7, 11) is 0. The van der Waals surface area contributed by atoms with Gasteiger partial charge in [-0.2, -0.15) is 0 Å². The molecule has 330 valence electrons. The highest BCUT2D eigenvalue weighted by Crippen LogP contribution is 2.13. The van der Waals surface area contributed by atoms with Crippen LogP contribution >= 0.6 is 0 Å². The lowest BCUT2D eigenvalue weighted by molar-refractivity contribution is -0.166. The Morgan fingerprint density at radius 2 is 0.741 bits per heavy atom. The minimum Gasteiger partial charge on any atom is -0.462 e. The molecule has 0 N–H and O–H groups in total. The Labute approximate surface area is 356 Å². The number of rotatable bonds is 41. The van der Waals surface area contributed by atoms with E-state index < -0.39 is 12.1 Å². The quantitative estimate of drug-likeness (QED) is 0.0265. The number of ether oxygens (including phenoxy) is 3. The van der Waals surface area contributed by atoms with Crippen LogP contribution in [0.1, 0.15) is 207 Å². The van der Waals surface area contributed by atoms with E-state index in [1.165, 1.54) is 77.0 Å². The lowest BCUT2D eigenvalue weighted by Gasteiger charge is -2.18. The molecule has 0 aromatic carbocycles. The van der Waals surface area contributed by atoms with E-state index in [0.717, 1.165) is 89.9 Å². The van der Waals surface area contributed by atoms with Crippen LogP contribution in [0, 0.1) is 0 Å². The fourth-order valence-corrected chi connectivity index (χ4v) is 6.16. The van der Waals surface area contributed by atoms with Crippen molar-refractivity contribution in [1.29, 1.82) is 0 Å². The summed E-state index contributed by atoms with van der Waals surface area (Å²) in [6.07, 6.45) is 58.9. The second kappa shape index (κ2) is 46.3. The van der Waals surface area contributed by atoms with E-state index >= 15 is 0 Å². The molecular formula is C52H86O6. The van der Waals surface area contributed by atoms with Crippen LogP contribution in [-0.2, 0) is 28.6 Å². The van der Waals surface area contributed by atoms with E-state index in [0.29, 0.717) is 12.8 Å². The summed E-state index contributed by atoms with van der Waals surface area (Å²) in [4.78, 5) is 37.7. The lowest BCUT2D eigenvalue weighted by Crippen LogP contribution is -2.30. The first kappa shape index (κ1) is 54.6. The summed E-state index contributed by atoms with van der Waals surface area (Å²) >= 11 is 0. The molecule has 0 radical (unpaired) electrons. The molecule has 0 bridgehead atoms. The van der Waals surface area contributed by atoms with E-state index in [-0.39, 0.29) is 31.6 Å². The fourth-order valence-electron chi connectivity index (χ4n) is 6.16. The Morgan fingerprint density at radius 1 is 0.379 bits per heavy atom. The van der Waals surface area contributed by atoms with Gasteiger partial charge in [-0.3, -0.25) is 14.4 Å². The first-order valence-corrected chi connectivity index (χ1v) is 23.6. The van der Waals surface area contributed by atoms with Gasteiger partial charge in [0.2, 0.25) is 0 Å². The smallest absolute Gasteiger partial charge is 0.309 e. The van der Waals surface area contributed by atoms with Crippen molar-refractivity contribution in [3.8, 4) is 0 Å². The molecule has 6 heteroatoms. The number of hydrogen-bond acceptors (Lipinski definition) is 6. The molecule has 0 saturated heterocycles. The minimum absolute atomic E-state index is 0.110. The topological polar surface area (TPSA) is 78.9 Å². The predicted molar refractivity (Wildman–Crippen MR) is 247 cm³/mol. The number of carbonyl (C=O) groups is 3. The molecule has 0 saturated carbocycles. The maximum atomic E-state index is 12.7. The van der Waals surface area contributed by atoms with Crippen molar-refractivity contribution in [3.05, 3.63) is 85.1 Å². The summed E-state index contributed by atoms with van der Waals surface area (Å²) in [6.45, 7) is 6.26. The molecule has 0 spiro atoms. The van der Waals surface area contributed by atoms with Crippen molar-refractivity contribution in [2.24, 2.45) is 0 Å². The average Bonchev–Trinajstić information content (AvgIpc) is 3.22. The summed E-state index contributed by atoms with van der Waals surface area (Å²) < 4.78 is 16.6. The Bertz CT molecular complexity index is 1160. The minimum atomic E-state index is -0.816. The van der Waals surface area contributed by atoms with Crippen LogP contribution in [0.4, 0.5) is 0 Å². The molecular weight excluding hydrogens is 721 g/mol. The standard InChI is InChI=1S/C52H86O6/c1-4-7-10-13-16-19-21-23-24-25-26-27-28-29-31-33-36-39-42-45-51(54)57-48-49(47-56-50(53)44-41-38-35-32-18-15-12-9-6-3)58-52(55)46-43-40-37-34-30-22-20-17-14-11-8-5-2/h7,9-10,12,16-20,23-24,32,38,41,49H,4-6,8,11,13-15,21-22,25-31,33-37,39-40,42-48H2,1-3H3/b10-7-,12-9-,19-16-,20-17-,24-23-,32-18-,41-38-. The predicted octanol–water partition coefficient (Wildman–Crippen LogP) is 15.3. The number of unbranched alkanes of at least 4 members (excludes halogenated alkanes) is 17. The van der Waals surface area contributed by atoms with Crippen LogP contribution in [-0.4, -0.2) is 37.2 Å². The van der Waals surface area contributed by atoms with E-state index in [2.05, 4.69) is 93.7 Å². The Morgan fingerprint density at radius 3 is 1.22 bits per heavy atom. The van der Waals surface area contributed by atoms with Gasteiger partial charge in [-0.05, 0) is 89.9 Å². The zero-order valence-electron chi connectivity index (χ0n) is 37.5.